The predicted molar refractivity (Wildman–Crippen MR) is 76.6 cm³/mol. The molecule has 0 atom stereocenters. The smallest absolute Gasteiger partial charge is 0.244 e. The van der Waals surface area contributed by atoms with E-state index < -0.39 is 5.82 Å². The van der Waals surface area contributed by atoms with Gasteiger partial charge in [0.25, 0.3) is 0 Å². The molecule has 2 amide bonds. The second kappa shape index (κ2) is 7.06. The lowest BCUT2D eigenvalue weighted by molar-refractivity contribution is -0.136. The molecular weight excluding hydrogens is 275 g/mol. The number of halogens is 1. The van der Waals surface area contributed by atoms with Crippen molar-refractivity contribution in [1.29, 1.82) is 0 Å². The maximum Gasteiger partial charge on any atom is 0.244 e. The summed E-state index contributed by atoms with van der Waals surface area (Å²) in [5, 5.41) is 2.67. The highest BCUT2D eigenvalue weighted by atomic mass is 19.1. The minimum Gasteiger partial charge on any atom is -0.492 e. The highest BCUT2D eigenvalue weighted by Gasteiger charge is 2.21. The quantitative estimate of drug-likeness (QED) is 0.905. The van der Waals surface area contributed by atoms with Gasteiger partial charge in [-0.15, -0.1) is 0 Å². The van der Waals surface area contributed by atoms with Crippen LogP contribution in [0.4, 0.5) is 10.1 Å². The van der Waals surface area contributed by atoms with E-state index in [0.29, 0.717) is 25.3 Å². The Morgan fingerprint density at radius 2 is 2.24 bits per heavy atom. The van der Waals surface area contributed by atoms with Gasteiger partial charge in [-0.2, -0.15) is 0 Å². The minimum atomic E-state index is -0.428. The van der Waals surface area contributed by atoms with Crippen molar-refractivity contribution in [3.8, 4) is 5.75 Å². The molecule has 1 aromatic carbocycles. The molecule has 21 heavy (non-hydrogen) atoms. The summed E-state index contributed by atoms with van der Waals surface area (Å²) in [5.41, 5.74) is 0.410. The first-order valence-corrected chi connectivity index (χ1v) is 7.10. The van der Waals surface area contributed by atoms with Gasteiger partial charge in [-0.1, -0.05) is 0 Å². The zero-order valence-electron chi connectivity index (χ0n) is 12.0. The van der Waals surface area contributed by atoms with E-state index in [1.165, 1.54) is 18.2 Å². The van der Waals surface area contributed by atoms with Crippen LogP contribution in [0.5, 0.6) is 5.75 Å². The number of nitrogens with zero attached hydrogens (tertiary/aromatic N) is 1. The van der Waals surface area contributed by atoms with Crippen LogP contribution < -0.4 is 10.1 Å². The first kappa shape index (κ1) is 15.3. The van der Waals surface area contributed by atoms with Gasteiger partial charge in [-0.3, -0.25) is 9.59 Å². The Morgan fingerprint density at radius 3 is 2.95 bits per heavy atom. The molecule has 1 aromatic rings. The lowest BCUT2D eigenvalue weighted by Gasteiger charge is -2.26. The number of hydrogen-bond donors (Lipinski definition) is 1. The topological polar surface area (TPSA) is 58.6 Å². The van der Waals surface area contributed by atoms with Gasteiger partial charge in [0, 0.05) is 19.0 Å². The Balaban J connectivity index is 2.00. The number of nitrogens with one attached hydrogen (secondary N) is 1. The Kier molecular flexibility index (Phi) is 5.14. The van der Waals surface area contributed by atoms with Crippen LogP contribution in [0.25, 0.3) is 0 Å². The lowest BCUT2D eigenvalue weighted by Crippen LogP contribution is -2.40. The van der Waals surface area contributed by atoms with Crippen molar-refractivity contribution in [3.63, 3.8) is 0 Å². The van der Waals surface area contributed by atoms with Crippen molar-refractivity contribution in [2.24, 2.45) is 0 Å². The fourth-order valence-electron chi connectivity index (χ4n) is 2.27. The van der Waals surface area contributed by atoms with Gasteiger partial charge < -0.3 is 15.0 Å². The number of carbonyl (C=O) groups is 2. The maximum atomic E-state index is 13.2. The molecule has 114 valence electrons. The number of amides is 2. The minimum absolute atomic E-state index is 0.000498. The van der Waals surface area contributed by atoms with Crippen LogP contribution in [0, 0.1) is 5.82 Å². The molecule has 0 spiro atoms. The summed E-state index contributed by atoms with van der Waals surface area (Å²) in [4.78, 5) is 25.2. The molecule has 1 saturated heterocycles. The summed E-state index contributed by atoms with van der Waals surface area (Å²) in [6, 6.07) is 3.94. The Hall–Kier alpha value is -2.11. The van der Waals surface area contributed by atoms with Gasteiger partial charge in [-0.25, -0.2) is 4.39 Å². The second-order valence-corrected chi connectivity index (χ2v) is 4.89. The van der Waals surface area contributed by atoms with E-state index in [0.717, 1.165) is 12.8 Å². The molecule has 0 aliphatic carbocycles. The average Bonchev–Trinajstić information content (AvgIpc) is 2.45. The molecule has 0 aromatic heterocycles. The molecule has 0 bridgehead atoms. The molecule has 1 aliphatic heterocycles. The molecule has 1 N–H and O–H groups in total. The largest absolute Gasteiger partial charge is 0.492 e. The van der Waals surface area contributed by atoms with E-state index in [-0.39, 0.29) is 24.1 Å². The fraction of sp³-hybridized carbons (Fsp3) is 0.467. The SMILES string of the molecule is CCOc1cc(F)ccc1NC(=O)CN1CCCCC1=O. The van der Waals surface area contributed by atoms with Crippen LogP contribution in [0.2, 0.25) is 0 Å². The van der Waals surface area contributed by atoms with E-state index in [1.807, 2.05) is 0 Å². The first-order valence-electron chi connectivity index (χ1n) is 7.10. The Labute approximate surface area is 123 Å². The molecule has 6 heteroatoms. The monoisotopic (exact) mass is 294 g/mol. The molecule has 5 nitrogen and oxygen atoms in total. The van der Waals surface area contributed by atoms with Crippen molar-refractivity contribution in [2.75, 3.05) is 25.0 Å². The molecular formula is C15H19FN2O3. The van der Waals surface area contributed by atoms with Crippen LogP contribution in [-0.2, 0) is 9.59 Å². The number of piperidine rings is 1. The van der Waals surface area contributed by atoms with E-state index in [9.17, 15) is 14.0 Å². The Bertz CT molecular complexity index is 534. The maximum absolute atomic E-state index is 13.2. The molecule has 2 rings (SSSR count). The van der Waals surface area contributed by atoms with E-state index in [1.54, 1.807) is 11.8 Å². The number of carbonyl (C=O) groups excluding carboxylic acids is 2. The van der Waals surface area contributed by atoms with Crippen LogP contribution in [0.1, 0.15) is 26.2 Å². The van der Waals surface area contributed by atoms with Gasteiger partial charge in [0.1, 0.15) is 11.6 Å². The number of hydrogen-bond acceptors (Lipinski definition) is 3. The summed E-state index contributed by atoms with van der Waals surface area (Å²) in [7, 11) is 0. The zero-order chi connectivity index (χ0) is 15.2. The van der Waals surface area contributed by atoms with Gasteiger partial charge in [0.05, 0.1) is 18.8 Å². The van der Waals surface area contributed by atoms with Crippen molar-refractivity contribution in [3.05, 3.63) is 24.0 Å². The van der Waals surface area contributed by atoms with E-state index >= 15 is 0 Å². The third kappa shape index (κ3) is 4.18. The Morgan fingerprint density at radius 1 is 1.43 bits per heavy atom. The lowest BCUT2D eigenvalue weighted by atomic mass is 10.1. The molecule has 0 radical (unpaired) electrons. The van der Waals surface area contributed by atoms with Gasteiger partial charge in [-0.05, 0) is 31.9 Å². The first-order chi connectivity index (χ1) is 10.1. The third-order valence-electron chi connectivity index (χ3n) is 3.27. The second-order valence-electron chi connectivity index (χ2n) is 4.89. The van der Waals surface area contributed by atoms with Crippen LogP contribution >= 0.6 is 0 Å². The van der Waals surface area contributed by atoms with Gasteiger partial charge >= 0.3 is 0 Å². The number of rotatable bonds is 5. The van der Waals surface area contributed by atoms with Gasteiger partial charge in [0.2, 0.25) is 11.8 Å². The molecule has 0 saturated carbocycles. The van der Waals surface area contributed by atoms with E-state index in [2.05, 4.69) is 5.32 Å². The average molecular weight is 294 g/mol. The summed E-state index contributed by atoms with van der Waals surface area (Å²) in [5.74, 6) is -0.447. The standard InChI is InChI=1S/C15H19FN2O3/c1-2-21-13-9-11(16)6-7-12(13)17-14(19)10-18-8-4-3-5-15(18)20/h6-7,9H,2-5,8,10H2,1H3,(H,17,19). The van der Waals surface area contributed by atoms with Crippen molar-refractivity contribution in [2.45, 2.75) is 26.2 Å². The van der Waals surface area contributed by atoms with Gasteiger partial charge in [0.15, 0.2) is 0 Å². The van der Waals surface area contributed by atoms with Crippen LogP contribution in [0.3, 0.4) is 0 Å². The molecule has 1 fully saturated rings. The van der Waals surface area contributed by atoms with Crippen molar-refractivity contribution >= 4 is 17.5 Å². The zero-order valence-corrected chi connectivity index (χ0v) is 12.0. The number of likely N-dealkylation sites (tertiary alicyclic amines) is 1. The molecule has 0 unspecified atom stereocenters. The molecule has 1 heterocycles. The highest BCUT2D eigenvalue weighted by Crippen LogP contribution is 2.25. The van der Waals surface area contributed by atoms with Crippen LogP contribution in [-0.4, -0.2) is 36.4 Å². The van der Waals surface area contributed by atoms with Crippen LogP contribution in [0.15, 0.2) is 18.2 Å². The van der Waals surface area contributed by atoms with E-state index in [4.69, 9.17) is 4.74 Å². The number of ether oxygens (including phenoxy) is 1. The number of anilines is 1. The number of benzene rings is 1. The van der Waals surface area contributed by atoms with Crippen molar-refractivity contribution < 1.29 is 18.7 Å². The fourth-order valence-corrected chi connectivity index (χ4v) is 2.27. The highest BCUT2D eigenvalue weighted by molar-refractivity contribution is 5.95. The molecule has 1 aliphatic rings. The summed E-state index contributed by atoms with van der Waals surface area (Å²) in [6.45, 7) is 2.77. The summed E-state index contributed by atoms with van der Waals surface area (Å²) < 4.78 is 18.5. The third-order valence-corrected chi connectivity index (χ3v) is 3.27. The summed E-state index contributed by atoms with van der Waals surface area (Å²) >= 11 is 0. The normalized spacial score (nSPS) is 15.0. The van der Waals surface area contributed by atoms with Crippen molar-refractivity contribution in [1.82, 2.24) is 4.90 Å². The predicted octanol–water partition coefficient (Wildman–Crippen LogP) is 2.18. The summed E-state index contributed by atoms with van der Waals surface area (Å²) in [6.07, 6.45) is 2.29.